The summed E-state index contributed by atoms with van der Waals surface area (Å²) < 4.78 is 5.30. The summed E-state index contributed by atoms with van der Waals surface area (Å²) in [5.74, 6) is 9.10. The van der Waals surface area contributed by atoms with Crippen molar-refractivity contribution in [2.45, 2.75) is 39.0 Å². The van der Waals surface area contributed by atoms with Gasteiger partial charge in [-0.3, -0.25) is 4.79 Å². The van der Waals surface area contributed by atoms with Crippen LogP contribution in [-0.2, 0) is 9.53 Å². The van der Waals surface area contributed by atoms with E-state index in [1.807, 2.05) is 0 Å². The molecule has 11 atom stereocenters. The van der Waals surface area contributed by atoms with Crippen LogP contribution in [-0.4, -0.2) is 13.1 Å². The molecule has 11 unspecified atom stereocenters. The minimum atomic E-state index is -0.131. The van der Waals surface area contributed by atoms with Crippen LogP contribution in [0.5, 0.6) is 0 Å². The Balaban J connectivity index is 1.40. The molecule has 0 aromatic rings. The lowest BCUT2D eigenvalue weighted by Gasteiger charge is -2.49. The summed E-state index contributed by atoms with van der Waals surface area (Å²) in [6.07, 6.45) is 11.5. The van der Waals surface area contributed by atoms with Crippen molar-refractivity contribution in [1.82, 2.24) is 0 Å². The standard InChI is InChI=1S/C21H28O2/c1-3-21(20(22)23-2)9-12-7-15(21)19-14-8-13(18(12)19)16-10-4-5-11(6-10)17(14)16/h4-5,10-19H,3,6-9H2,1-2H3. The van der Waals surface area contributed by atoms with E-state index in [1.165, 1.54) is 19.3 Å². The molecule has 6 rings (SSSR count). The van der Waals surface area contributed by atoms with E-state index in [4.69, 9.17) is 4.74 Å². The van der Waals surface area contributed by atoms with Gasteiger partial charge in [-0.15, -0.1) is 0 Å². The quantitative estimate of drug-likeness (QED) is 0.439. The van der Waals surface area contributed by atoms with Gasteiger partial charge in [-0.1, -0.05) is 19.1 Å². The van der Waals surface area contributed by atoms with Crippen LogP contribution < -0.4 is 0 Å². The van der Waals surface area contributed by atoms with Crippen LogP contribution in [0.4, 0.5) is 0 Å². The number of carbonyl (C=O) groups is 1. The number of carbonyl (C=O) groups excluding carboxylic acids is 1. The zero-order valence-electron chi connectivity index (χ0n) is 14.3. The fourth-order valence-corrected chi connectivity index (χ4v) is 9.42. The van der Waals surface area contributed by atoms with Crippen molar-refractivity contribution in [3.8, 4) is 0 Å². The maximum Gasteiger partial charge on any atom is 0.312 e. The van der Waals surface area contributed by atoms with E-state index in [9.17, 15) is 4.79 Å². The molecule has 0 aromatic heterocycles. The maximum absolute atomic E-state index is 12.7. The number of allylic oxidation sites excluding steroid dienone is 2. The van der Waals surface area contributed by atoms with Crippen molar-refractivity contribution >= 4 is 5.97 Å². The summed E-state index contributed by atoms with van der Waals surface area (Å²) in [7, 11) is 1.60. The van der Waals surface area contributed by atoms with Gasteiger partial charge in [0.2, 0.25) is 0 Å². The van der Waals surface area contributed by atoms with Crippen LogP contribution >= 0.6 is 0 Å². The van der Waals surface area contributed by atoms with Gasteiger partial charge in [-0.25, -0.2) is 0 Å². The third-order valence-electron chi connectivity index (χ3n) is 9.67. The van der Waals surface area contributed by atoms with Crippen molar-refractivity contribution in [3.63, 3.8) is 0 Å². The molecular weight excluding hydrogens is 284 g/mol. The second-order valence-corrected chi connectivity index (χ2v) is 9.63. The van der Waals surface area contributed by atoms with Gasteiger partial charge in [0.15, 0.2) is 0 Å². The number of fused-ring (bicyclic) bond motifs is 16. The monoisotopic (exact) mass is 312 g/mol. The highest BCUT2D eigenvalue weighted by atomic mass is 16.5. The first-order chi connectivity index (χ1) is 11.2. The SMILES string of the molecule is CCC1(C(=O)OC)CC2CC1C1C3CC(C4C5C=CC(C5)C34)C21. The number of ether oxygens (including phenoxy) is 1. The van der Waals surface area contributed by atoms with Crippen LogP contribution in [0.2, 0.25) is 0 Å². The number of rotatable bonds is 2. The molecule has 0 aliphatic heterocycles. The lowest BCUT2D eigenvalue weighted by Crippen LogP contribution is -2.48. The summed E-state index contributed by atoms with van der Waals surface area (Å²) in [5, 5.41) is 0. The molecule has 124 valence electrons. The molecule has 5 saturated carbocycles. The van der Waals surface area contributed by atoms with E-state index in [1.54, 1.807) is 7.11 Å². The van der Waals surface area contributed by atoms with Crippen molar-refractivity contribution < 1.29 is 9.53 Å². The van der Waals surface area contributed by atoms with E-state index in [-0.39, 0.29) is 11.4 Å². The molecule has 6 aliphatic rings. The summed E-state index contributed by atoms with van der Waals surface area (Å²) in [4.78, 5) is 12.7. The van der Waals surface area contributed by atoms with Crippen molar-refractivity contribution in [2.75, 3.05) is 7.11 Å². The smallest absolute Gasteiger partial charge is 0.312 e. The number of methoxy groups -OCH3 is 1. The Morgan fingerprint density at radius 2 is 1.74 bits per heavy atom. The van der Waals surface area contributed by atoms with E-state index in [0.29, 0.717) is 5.92 Å². The Morgan fingerprint density at radius 1 is 1.04 bits per heavy atom. The molecule has 0 saturated heterocycles. The molecule has 0 spiro atoms. The van der Waals surface area contributed by atoms with Gasteiger partial charge < -0.3 is 4.74 Å². The predicted octanol–water partition coefficient (Wildman–Crippen LogP) is 3.92. The Labute approximate surface area is 139 Å². The van der Waals surface area contributed by atoms with Crippen molar-refractivity contribution in [3.05, 3.63) is 12.2 Å². The largest absolute Gasteiger partial charge is 0.469 e. The van der Waals surface area contributed by atoms with Crippen molar-refractivity contribution in [1.29, 1.82) is 0 Å². The average molecular weight is 312 g/mol. The van der Waals surface area contributed by atoms with Crippen LogP contribution in [0.1, 0.15) is 39.0 Å². The lowest BCUT2D eigenvalue weighted by atomic mass is 9.55. The Hall–Kier alpha value is -0.790. The second kappa shape index (κ2) is 4.06. The van der Waals surface area contributed by atoms with Crippen LogP contribution in [0.15, 0.2) is 12.2 Å². The second-order valence-electron chi connectivity index (χ2n) is 9.63. The molecular formula is C21H28O2. The molecule has 2 heteroatoms. The fourth-order valence-electron chi connectivity index (χ4n) is 9.42. The van der Waals surface area contributed by atoms with E-state index in [2.05, 4.69) is 19.1 Å². The van der Waals surface area contributed by atoms with Gasteiger partial charge in [0.25, 0.3) is 0 Å². The Bertz CT molecular complexity index is 609. The highest BCUT2D eigenvalue weighted by molar-refractivity contribution is 5.78. The van der Waals surface area contributed by atoms with Gasteiger partial charge in [-0.2, -0.15) is 0 Å². The summed E-state index contributed by atoms with van der Waals surface area (Å²) >= 11 is 0. The topological polar surface area (TPSA) is 26.3 Å². The number of hydrogen-bond acceptors (Lipinski definition) is 2. The molecule has 6 aliphatic carbocycles. The van der Waals surface area contributed by atoms with Gasteiger partial charge in [0.1, 0.15) is 0 Å². The minimum absolute atomic E-state index is 0.109. The van der Waals surface area contributed by atoms with Gasteiger partial charge in [0, 0.05) is 0 Å². The normalized spacial score (nSPS) is 62.9. The average Bonchev–Trinajstić information content (AvgIpc) is 3.38. The Kier molecular flexibility index (Phi) is 2.38. The molecule has 23 heavy (non-hydrogen) atoms. The zero-order valence-corrected chi connectivity index (χ0v) is 14.3. The molecule has 0 radical (unpaired) electrons. The van der Waals surface area contributed by atoms with E-state index in [0.717, 1.165) is 66.1 Å². The third-order valence-corrected chi connectivity index (χ3v) is 9.67. The molecule has 5 fully saturated rings. The zero-order chi connectivity index (χ0) is 15.5. The van der Waals surface area contributed by atoms with Gasteiger partial charge in [0.05, 0.1) is 12.5 Å². The fraction of sp³-hybridized carbons (Fsp3) is 0.857. The summed E-state index contributed by atoms with van der Waals surface area (Å²) in [5.41, 5.74) is -0.131. The summed E-state index contributed by atoms with van der Waals surface area (Å²) in [6.45, 7) is 2.23. The molecule has 2 nitrogen and oxygen atoms in total. The molecule has 0 amide bonds. The van der Waals surface area contributed by atoms with Crippen molar-refractivity contribution in [2.24, 2.45) is 64.6 Å². The van der Waals surface area contributed by atoms with Gasteiger partial charge in [-0.05, 0) is 91.3 Å². The van der Waals surface area contributed by atoms with Gasteiger partial charge >= 0.3 is 5.97 Å². The first-order valence-corrected chi connectivity index (χ1v) is 9.96. The van der Waals surface area contributed by atoms with E-state index >= 15 is 0 Å². The summed E-state index contributed by atoms with van der Waals surface area (Å²) in [6, 6.07) is 0. The first-order valence-electron chi connectivity index (χ1n) is 9.96. The van der Waals surface area contributed by atoms with Crippen LogP contribution in [0.25, 0.3) is 0 Å². The van der Waals surface area contributed by atoms with E-state index < -0.39 is 0 Å². The lowest BCUT2D eigenvalue weighted by molar-refractivity contribution is -0.161. The number of esters is 1. The molecule has 0 aromatic carbocycles. The predicted molar refractivity (Wildman–Crippen MR) is 87.2 cm³/mol. The highest BCUT2D eigenvalue weighted by Gasteiger charge is 2.74. The third kappa shape index (κ3) is 1.28. The molecule has 0 N–H and O–H groups in total. The Morgan fingerprint density at radius 3 is 2.39 bits per heavy atom. The first kappa shape index (κ1) is 13.5. The van der Waals surface area contributed by atoms with Crippen LogP contribution in [0.3, 0.4) is 0 Å². The molecule has 6 bridgehead atoms. The molecule has 0 heterocycles. The minimum Gasteiger partial charge on any atom is -0.469 e. The van der Waals surface area contributed by atoms with Crippen LogP contribution in [0, 0.1) is 64.6 Å². The maximum atomic E-state index is 12.7. The highest BCUT2D eigenvalue weighted by Crippen LogP contribution is 2.78. The number of hydrogen-bond donors (Lipinski definition) is 0.